The Bertz CT molecular complexity index is 1460. The summed E-state index contributed by atoms with van der Waals surface area (Å²) in [6, 6.07) is 9.63. The summed E-state index contributed by atoms with van der Waals surface area (Å²) in [6.07, 6.45) is 4.71. The van der Waals surface area contributed by atoms with Crippen molar-refractivity contribution in [3.63, 3.8) is 0 Å². The number of likely N-dealkylation sites (tertiary alicyclic amines) is 1. The van der Waals surface area contributed by atoms with Crippen LogP contribution in [0, 0.1) is 18.6 Å². The molecule has 1 saturated heterocycles. The van der Waals surface area contributed by atoms with E-state index >= 15 is 0 Å². The first-order chi connectivity index (χ1) is 17.3. The van der Waals surface area contributed by atoms with Crippen LogP contribution in [0.15, 0.2) is 48.8 Å². The molecule has 0 unspecified atom stereocenters. The lowest BCUT2D eigenvalue weighted by molar-refractivity contribution is -0.135. The first-order valence-corrected chi connectivity index (χ1v) is 12.2. The first-order valence-electron chi connectivity index (χ1n) is 11.8. The predicted molar refractivity (Wildman–Crippen MR) is 133 cm³/mol. The average molecular weight is 511 g/mol. The van der Waals surface area contributed by atoms with Crippen LogP contribution in [0.5, 0.6) is 5.75 Å². The van der Waals surface area contributed by atoms with Gasteiger partial charge in [-0.25, -0.2) is 18.4 Å². The summed E-state index contributed by atoms with van der Waals surface area (Å²) in [5.41, 5.74) is 3.20. The van der Waals surface area contributed by atoms with Gasteiger partial charge in [0.2, 0.25) is 5.91 Å². The minimum absolute atomic E-state index is 0.0531. The number of aryl methyl sites for hydroxylation is 1. The Morgan fingerprint density at radius 2 is 2.00 bits per heavy atom. The Balaban J connectivity index is 1.51. The number of carbonyl (C=O) groups is 1. The summed E-state index contributed by atoms with van der Waals surface area (Å²) < 4.78 is 35.7. The minimum Gasteiger partial charge on any atom is -0.487 e. The number of para-hydroxylation sites is 1. The number of halogens is 3. The fourth-order valence-corrected chi connectivity index (χ4v) is 5.04. The molecule has 4 aromatic rings. The number of ether oxygens (including phenoxy) is 1. The first kappa shape index (κ1) is 24.2. The lowest BCUT2D eigenvalue weighted by Gasteiger charge is -2.34. The van der Waals surface area contributed by atoms with Gasteiger partial charge in [0.05, 0.1) is 29.1 Å². The number of piperidine rings is 1. The van der Waals surface area contributed by atoms with Crippen molar-refractivity contribution in [2.24, 2.45) is 0 Å². The zero-order valence-electron chi connectivity index (χ0n) is 20.0. The number of pyridine rings is 1. The van der Waals surface area contributed by atoms with Crippen molar-refractivity contribution in [2.75, 3.05) is 6.54 Å². The fraction of sp³-hybridized carbons (Fsp3) is 0.296. The second-order valence-electron chi connectivity index (χ2n) is 9.00. The summed E-state index contributed by atoms with van der Waals surface area (Å²) in [5, 5.41) is 5.06. The molecule has 0 radical (unpaired) electrons. The van der Waals surface area contributed by atoms with Gasteiger partial charge in [0.25, 0.3) is 0 Å². The van der Waals surface area contributed by atoms with Crippen LogP contribution in [0.4, 0.5) is 8.78 Å². The lowest BCUT2D eigenvalue weighted by Crippen LogP contribution is -2.37. The third-order valence-electron chi connectivity index (χ3n) is 6.55. The quantitative estimate of drug-likeness (QED) is 0.305. The van der Waals surface area contributed by atoms with Gasteiger partial charge in [-0.15, -0.1) is 0 Å². The Kier molecular flexibility index (Phi) is 6.62. The fourth-order valence-electron chi connectivity index (χ4n) is 4.77. The highest BCUT2D eigenvalue weighted by atomic mass is 35.5. The van der Waals surface area contributed by atoms with Crippen LogP contribution in [0.3, 0.4) is 0 Å². The van der Waals surface area contributed by atoms with Crippen LogP contribution in [0.2, 0.25) is 5.02 Å². The van der Waals surface area contributed by atoms with E-state index < -0.39 is 11.6 Å². The SMILES string of the molecule is Cc1cc(-n2cc(F)cn2)c2cccc(OCc3c(Cl)cc(F)cc3[C@H](C)N3CCCCC3=O)c2n1. The zero-order chi connectivity index (χ0) is 25.4. The molecule has 0 N–H and O–H groups in total. The van der Waals surface area contributed by atoms with Crippen LogP contribution >= 0.6 is 11.6 Å². The highest BCUT2D eigenvalue weighted by Gasteiger charge is 2.27. The number of carbonyl (C=O) groups excluding carboxylic acids is 1. The van der Waals surface area contributed by atoms with E-state index in [-0.39, 0.29) is 23.6 Å². The third kappa shape index (κ3) is 4.65. The van der Waals surface area contributed by atoms with Gasteiger partial charge in [0.15, 0.2) is 5.82 Å². The zero-order valence-corrected chi connectivity index (χ0v) is 20.7. The van der Waals surface area contributed by atoms with Crippen molar-refractivity contribution in [1.29, 1.82) is 0 Å². The van der Waals surface area contributed by atoms with Crippen molar-refractivity contribution in [1.82, 2.24) is 19.7 Å². The normalized spacial score (nSPS) is 14.9. The van der Waals surface area contributed by atoms with E-state index in [0.29, 0.717) is 46.7 Å². The molecular weight excluding hydrogens is 486 g/mol. The Morgan fingerprint density at radius 3 is 2.75 bits per heavy atom. The van der Waals surface area contributed by atoms with Gasteiger partial charge < -0.3 is 9.64 Å². The molecule has 186 valence electrons. The third-order valence-corrected chi connectivity index (χ3v) is 6.89. The number of hydrogen-bond donors (Lipinski definition) is 0. The summed E-state index contributed by atoms with van der Waals surface area (Å²) in [5.74, 6) is -0.353. The van der Waals surface area contributed by atoms with Gasteiger partial charge in [0, 0.05) is 29.6 Å². The molecule has 2 aromatic carbocycles. The monoisotopic (exact) mass is 510 g/mol. The van der Waals surface area contributed by atoms with Crippen LogP contribution in [-0.2, 0) is 11.4 Å². The molecule has 1 aliphatic heterocycles. The maximum absolute atomic E-state index is 14.4. The van der Waals surface area contributed by atoms with E-state index in [1.54, 1.807) is 11.0 Å². The average Bonchev–Trinajstić information content (AvgIpc) is 3.28. The molecule has 0 aliphatic carbocycles. The molecule has 5 rings (SSSR count). The summed E-state index contributed by atoms with van der Waals surface area (Å²) in [7, 11) is 0. The van der Waals surface area contributed by atoms with Gasteiger partial charge >= 0.3 is 0 Å². The molecule has 0 spiro atoms. The standard InChI is InChI=1S/C27H25ClF2N4O2/c1-16-10-24(34-14-19(30)13-31-34)20-6-5-7-25(27(20)32-16)36-15-22-21(11-18(29)12-23(22)28)17(2)33-9-4-3-8-26(33)35/h5-7,10-14,17H,3-4,8-9,15H2,1-2H3/t17-/m0/s1. The molecular formula is C27H25ClF2N4O2. The molecule has 0 bridgehead atoms. The van der Waals surface area contributed by atoms with Crippen molar-refractivity contribution in [3.05, 3.63) is 82.3 Å². The number of hydrogen-bond acceptors (Lipinski definition) is 4. The molecule has 3 heterocycles. The smallest absolute Gasteiger partial charge is 0.223 e. The van der Waals surface area contributed by atoms with Crippen LogP contribution in [0.25, 0.3) is 16.6 Å². The number of fused-ring (bicyclic) bond motifs is 1. The Morgan fingerprint density at radius 1 is 1.17 bits per heavy atom. The largest absolute Gasteiger partial charge is 0.487 e. The van der Waals surface area contributed by atoms with Crippen molar-refractivity contribution in [2.45, 2.75) is 45.8 Å². The van der Waals surface area contributed by atoms with Gasteiger partial charge in [-0.1, -0.05) is 23.7 Å². The number of amides is 1. The number of benzene rings is 2. The maximum atomic E-state index is 14.4. The van der Waals surface area contributed by atoms with Crippen molar-refractivity contribution < 1.29 is 18.3 Å². The van der Waals surface area contributed by atoms with E-state index in [4.69, 9.17) is 16.3 Å². The molecule has 9 heteroatoms. The van der Waals surface area contributed by atoms with Crippen molar-refractivity contribution in [3.8, 4) is 11.4 Å². The molecule has 1 atom stereocenters. The number of aromatic nitrogens is 3. The van der Waals surface area contributed by atoms with Gasteiger partial charge in [-0.05, 0) is 56.5 Å². The topological polar surface area (TPSA) is 60.2 Å². The minimum atomic E-state index is -0.464. The second kappa shape index (κ2) is 9.85. The van der Waals surface area contributed by atoms with E-state index in [1.165, 1.54) is 23.0 Å². The van der Waals surface area contributed by atoms with Gasteiger partial charge in [-0.2, -0.15) is 5.10 Å². The Hall–Kier alpha value is -3.52. The highest BCUT2D eigenvalue weighted by molar-refractivity contribution is 6.31. The maximum Gasteiger partial charge on any atom is 0.223 e. The summed E-state index contributed by atoms with van der Waals surface area (Å²) in [6.45, 7) is 4.40. The molecule has 1 amide bonds. The molecule has 0 saturated carbocycles. The molecule has 6 nitrogen and oxygen atoms in total. The van der Waals surface area contributed by atoms with E-state index in [0.717, 1.165) is 24.4 Å². The molecule has 1 aliphatic rings. The summed E-state index contributed by atoms with van der Waals surface area (Å²) >= 11 is 6.49. The molecule has 1 fully saturated rings. The van der Waals surface area contributed by atoms with E-state index in [2.05, 4.69) is 10.1 Å². The highest BCUT2D eigenvalue weighted by Crippen LogP contribution is 2.34. The van der Waals surface area contributed by atoms with Crippen LogP contribution in [-0.4, -0.2) is 32.1 Å². The number of nitrogens with zero attached hydrogens (tertiary/aromatic N) is 4. The predicted octanol–water partition coefficient (Wildman–Crippen LogP) is 6.31. The van der Waals surface area contributed by atoms with Gasteiger partial charge in [0.1, 0.15) is 23.7 Å². The molecule has 36 heavy (non-hydrogen) atoms. The second-order valence-corrected chi connectivity index (χ2v) is 9.41. The van der Waals surface area contributed by atoms with Gasteiger partial charge in [-0.3, -0.25) is 4.79 Å². The molecule has 2 aromatic heterocycles. The van der Waals surface area contributed by atoms with Crippen LogP contribution in [0.1, 0.15) is 49.0 Å². The van der Waals surface area contributed by atoms with Crippen molar-refractivity contribution >= 4 is 28.4 Å². The van der Waals surface area contributed by atoms with Crippen LogP contribution < -0.4 is 4.74 Å². The van der Waals surface area contributed by atoms with E-state index in [1.807, 2.05) is 32.0 Å². The Labute approximate surface area is 212 Å². The lowest BCUT2D eigenvalue weighted by atomic mass is 9.98. The number of rotatable bonds is 6. The summed E-state index contributed by atoms with van der Waals surface area (Å²) in [4.78, 5) is 19.0. The van der Waals surface area contributed by atoms with E-state index in [9.17, 15) is 13.6 Å².